The minimum absolute atomic E-state index is 0.0680. The number of nitrogens with one attached hydrogen (secondary N) is 1. The molecule has 0 amide bonds. The fraction of sp³-hybridized carbons (Fsp3) is 0.909. The highest BCUT2D eigenvalue weighted by Gasteiger charge is 2.24. The molecule has 4 nitrogen and oxygen atoms in total. The minimum Gasteiger partial charge on any atom is -0.381 e. The van der Waals surface area contributed by atoms with Crippen LogP contribution in [0.3, 0.4) is 0 Å². The smallest absolute Gasteiger partial charge is 0.152 e. The van der Waals surface area contributed by atoms with Gasteiger partial charge in [-0.1, -0.05) is 0 Å². The monoisotopic (exact) mass is 213 g/mol. The van der Waals surface area contributed by atoms with E-state index < -0.39 is 0 Å². The summed E-state index contributed by atoms with van der Waals surface area (Å²) in [5.74, 6) is 0.830. The SMILES string of the molecule is O=C(CC1CCOCC1)C1COCCN1. The number of hydrogen-bond donors (Lipinski definition) is 1. The zero-order valence-electron chi connectivity index (χ0n) is 9.04. The molecule has 1 atom stereocenters. The first-order valence-corrected chi connectivity index (χ1v) is 5.78. The number of ketones is 1. The summed E-state index contributed by atoms with van der Waals surface area (Å²) in [6, 6.07) is -0.0680. The molecular weight excluding hydrogens is 194 g/mol. The summed E-state index contributed by atoms with van der Waals surface area (Å²) in [5.41, 5.74) is 0. The van der Waals surface area contributed by atoms with Crippen LogP contribution in [0.5, 0.6) is 0 Å². The summed E-state index contributed by atoms with van der Waals surface area (Å²) >= 11 is 0. The topological polar surface area (TPSA) is 47.6 Å². The first kappa shape index (κ1) is 11.0. The van der Waals surface area contributed by atoms with Gasteiger partial charge in [0.15, 0.2) is 5.78 Å². The maximum Gasteiger partial charge on any atom is 0.152 e. The van der Waals surface area contributed by atoms with E-state index in [4.69, 9.17) is 9.47 Å². The van der Waals surface area contributed by atoms with Crippen molar-refractivity contribution >= 4 is 5.78 Å². The molecule has 2 aliphatic rings. The molecule has 2 fully saturated rings. The van der Waals surface area contributed by atoms with Crippen LogP contribution >= 0.6 is 0 Å². The van der Waals surface area contributed by atoms with Crippen molar-refractivity contribution in [2.45, 2.75) is 25.3 Å². The Hall–Kier alpha value is -0.450. The van der Waals surface area contributed by atoms with Crippen molar-refractivity contribution in [2.75, 3.05) is 33.0 Å². The van der Waals surface area contributed by atoms with Crippen LogP contribution in [0, 0.1) is 5.92 Å². The number of carbonyl (C=O) groups is 1. The number of hydrogen-bond acceptors (Lipinski definition) is 4. The van der Waals surface area contributed by atoms with Gasteiger partial charge in [0.1, 0.15) is 0 Å². The molecule has 1 unspecified atom stereocenters. The van der Waals surface area contributed by atoms with Gasteiger partial charge in [-0.15, -0.1) is 0 Å². The number of carbonyl (C=O) groups excluding carboxylic acids is 1. The lowest BCUT2D eigenvalue weighted by Gasteiger charge is -2.26. The molecule has 2 heterocycles. The lowest BCUT2D eigenvalue weighted by molar-refractivity contribution is -0.125. The summed E-state index contributed by atoms with van der Waals surface area (Å²) in [5, 5.41) is 3.20. The quantitative estimate of drug-likeness (QED) is 0.735. The molecule has 1 N–H and O–H groups in total. The lowest BCUT2D eigenvalue weighted by Crippen LogP contribution is -2.47. The molecule has 4 heteroatoms. The van der Waals surface area contributed by atoms with Crippen LogP contribution in [0.25, 0.3) is 0 Å². The Morgan fingerprint density at radius 3 is 2.67 bits per heavy atom. The van der Waals surface area contributed by atoms with E-state index in [1.54, 1.807) is 0 Å². The highest BCUT2D eigenvalue weighted by Crippen LogP contribution is 2.19. The van der Waals surface area contributed by atoms with Crippen LogP contribution < -0.4 is 5.32 Å². The van der Waals surface area contributed by atoms with Crippen molar-refractivity contribution in [3.8, 4) is 0 Å². The zero-order valence-corrected chi connectivity index (χ0v) is 9.04. The largest absolute Gasteiger partial charge is 0.381 e. The van der Waals surface area contributed by atoms with E-state index >= 15 is 0 Å². The predicted octanol–water partition coefficient (Wildman–Crippen LogP) is 0.361. The average molecular weight is 213 g/mol. The van der Waals surface area contributed by atoms with E-state index in [0.29, 0.717) is 24.7 Å². The Labute approximate surface area is 90.3 Å². The van der Waals surface area contributed by atoms with E-state index in [-0.39, 0.29) is 6.04 Å². The third-order valence-electron chi connectivity index (χ3n) is 3.14. The molecule has 2 rings (SSSR count). The number of rotatable bonds is 3. The van der Waals surface area contributed by atoms with E-state index in [1.165, 1.54) is 0 Å². The van der Waals surface area contributed by atoms with Gasteiger partial charge in [0.25, 0.3) is 0 Å². The third-order valence-corrected chi connectivity index (χ3v) is 3.14. The van der Waals surface area contributed by atoms with Gasteiger partial charge in [-0.05, 0) is 18.8 Å². The van der Waals surface area contributed by atoms with Crippen molar-refractivity contribution in [1.29, 1.82) is 0 Å². The van der Waals surface area contributed by atoms with Crippen molar-refractivity contribution in [3.05, 3.63) is 0 Å². The summed E-state index contributed by atoms with van der Waals surface area (Å²) in [6.45, 7) is 3.69. The molecule has 0 spiro atoms. The summed E-state index contributed by atoms with van der Waals surface area (Å²) in [7, 11) is 0. The number of ether oxygens (including phenoxy) is 2. The van der Waals surface area contributed by atoms with Crippen molar-refractivity contribution in [2.24, 2.45) is 5.92 Å². The molecular formula is C11H19NO3. The van der Waals surface area contributed by atoms with Gasteiger partial charge < -0.3 is 14.8 Å². The Morgan fingerprint density at radius 1 is 1.20 bits per heavy atom. The molecule has 0 saturated carbocycles. The standard InChI is InChI=1S/C11H19NO3/c13-11(10-8-15-6-3-12-10)7-9-1-4-14-5-2-9/h9-10,12H,1-8H2. The van der Waals surface area contributed by atoms with Crippen LogP contribution in [0.2, 0.25) is 0 Å². The van der Waals surface area contributed by atoms with Gasteiger partial charge in [0, 0.05) is 26.2 Å². The fourth-order valence-electron chi connectivity index (χ4n) is 2.15. The average Bonchev–Trinajstić information content (AvgIpc) is 2.31. The second kappa shape index (κ2) is 5.58. The first-order valence-electron chi connectivity index (χ1n) is 5.78. The molecule has 0 aromatic heterocycles. The lowest BCUT2D eigenvalue weighted by atomic mass is 9.92. The Kier molecular flexibility index (Phi) is 4.11. The Morgan fingerprint density at radius 2 is 2.00 bits per heavy atom. The normalized spacial score (nSPS) is 28.9. The predicted molar refractivity (Wildman–Crippen MR) is 55.8 cm³/mol. The molecule has 2 aliphatic heterocycles. The fourth-order valence-corrected chi connectivity index (χ4v) is 2.15. The molecule has 0 aliphatic carbocycles. The van der Waals surface area contributed by atoms with Crippen molar-refractivity contribution < 1.29 is 14.3 Å². The van der Waals surface area contributed by atoms with Crippen LogP contribution in [-0.2, 0) is 14.3 Å². The van der Waals surface area contributed by atoms with Gasteiger partial charge in [-0.2, -0.15) is 0 Å². The van der Waals surface area contributed by atoms with Crippen molar-refractivity contribution in [3.63, 3.8) is 0 Å². The van der Waals surface area contributed by atoms with Gasteiger partial charge >= 0.3 is 0 Å². The van der Waals surface area contributed by atoms with Crippen LogP contribution in [0.15, 0.2) is 0 Å². The summed E-state index contributed by atoms with van der Waals surface area (Å²) in [4.78, 5) is 11.9. The van der Waals surface area contributed by atoms with Gasteiger partial charge in [-0.3, -0.25) is 4.79 Å². The minimum atomic E-state index is -0.0680. The second-order valence-electron chi connectivity index (χ2n) is 4.31. The molecule has 0 aromatic rings. The van der Waals surface area contributed by atoms with Crippen molar-refractivity contribution in [1.82, 2.24) is 5.32 Å². The Bertz CT molecular complexity index is 208. The van der Waals surface area contributed by atoms with Gasteiger partial charge in [-0.25, -0.2) is 0 Å². The van der Waals surface area contributed by atoms with Gasteiger partial charge in [0.2, 0.25) is 0 Å². The summed E-state index contributed by atoms with van der Waals surface area (Å²) < 4.78 is 10.6. The molecule has 2 saturated heterocycles. The second-order valence-corrected chi connectivity index (χ2v) is 4.31. The Balaban J connectivity index is 1.74. The zero-order chi connectivity index (χ0) is 10.5. The molecule has 15 heavy (non-hydrogen) atoms. The molecule has 0 aromatic carbocycles. The van der Waals surface area contributed by atoms with E-state index in [9.17, 15) is 4.79 Å². The molecule has 0 bridgehead atoms. The highest BCUT2D eigenvalue weighted by molar-refractivity contribution is 5.84. The molecule has 0 radical (unpaired) electrons. The highest BCUT2D eigenvalue weighted by atomic mass is 16.5. The van der Waals surface area contributed by atoms with E-state index in [2.05, 4.69) is 5.32 Å². The first-order chi connectivity index (χ1) is 7.36. The summed E-state index contributed by atoms with van der Waals surface area (Å²) in [6.07, 6.45) is 2.74. The van der Waals surface area contributed by atoms with Crippen LogP contribution in [0.1, 0.15) is 19.3 Å². The molecule has 86 valence electrons. The maximum atomic E-state index is 11.9. The van der Waals surface area contributed by atoms with E-state index in [1.807, 2.05) is 0 Å². The van der Waals surface area contributed by atoms with Gasteiger partial charge in [0.05, 0.1) is 19.3 Å². The maximum absolute atomic E-state index is 11.9. The van der Waals surface area contributed by atoms with Crippen LogP contribution in [-0.4, -0.2) is 44.8 Å². The van der Waals surface area contributed by atoms with Crippen LogP contribution in [0.4, 0.5) is 0 Å². The third kappa shape index (κ3) is 3.26. The van der Waals surface area contributed by atoms with E-state index in [0.717, 1.165) is 39.2 Å². The number of morpholine rings is 1. The number of Topliss-reactive ketones (excluding diaryl/α,β-unsaturated/α-hetero) is 1.